The number of aliphatic hydroxyl groups is 1. The number of hydrogen-bond acceptors (Lipinski definition) is 1. The van der Waals surface area contributed by atoms with E-state index in [4.69, 9.17) is 0 Å². The molecule has 16 heavy (non-hydrogen) atoms. The van der Waals surface area contributed by atoms with Gasteiger partial charge in [-0.3, -0.25) is 0 Å². The maximum absolute atomic E-state index is 10.4. The Labute approximate surface area is 98.2 Å². The van der Waals surface area contributed by atoms with Crippen LogP contribution < -0.4 is 0 Å². The predicted molar refractivity (Wildman–Crippen MR) is 70.2 cm³/mol. The van der Waals surface area contributed by atoms with E-state index in [1.807, 2.05) is 18.2 Å². The van der Waals surface area contributed by atoms with Crippen molar-refractivity contribution in [2.45, 2.75) is 31.3 Å². The molecular formula is C15H20O. The maximum Gasteiger partial charge on any atom is 0.0904 e. The molecule has 1 heteroatoms. The van der Waals surface area contributed by atoms with Crippen molar-refractivity contribution in [3.63, 3.8) is 0 Å². The minimum atomic E-state index is -0.771. The van der Waals surface area contributed by atoms with Crippen molar-refractivity contribution in [3.8, 4) is 0 Å². The summed E-state index contributed by atoms with van der Waals surface area (Å²) in [4.78, 5) is 0. The first-order chi connectivity index (χ1) is 7.63. The fourth-order valence-electron chi connectivity index (χ4n) is 2.13. The molecule has 0 amide bonds. The fourth-order valence-corrected chi connectivity index (χ4v) is 2.13. The lowest BCUT2D eigenvalue weighted by Gasteiger charge is -2.29. The van der Waals surface area contributed by atoms with Crippen LogP contribution >= 0.6 is 0 Å². The van der Waals surface area contributed by atoms with Gasteiger partial charge in [0.05, 0.1) is 5.60 Å². The molecule has 1 aliphatic rings. The zero-order valence-corrected chi connectivity index (χ0v) is 9.78. The van der Waals surface area contributed by atoms with Gasteiger partial charge in [0, 0.05) is 6.42 Å². The van der Waals surface area contributed by atoms with Crippen LogP contribution in [0.4, 0.5) is 0 Å². The van der Waals surface area contributed by atoms with Crippen molar-refractivity contribution in [2.24, 2.45) is 0 Å². The monoisotopic (exact) mass is 216 g/mol. The second-order valence-corrected chi connectivity index (χ2v) is 4.28. The van der Waals surface area contributed by atoms with Crippen LogP contribution in [0, 0.1) is 0 Å². The van der Waals surface area contributed by atoms with Crippen LogP contribution in [0.2, 0.25) is 0 Å². The Morgan fingerprint density at radius 2 is 1.88 bits per heavy atom. The highest BCUT2D eigenvalue weighted by atomic mass is 16.3. The molecule has 1 nitrogen and oxygen atoms in total. The molecule has 1 unspecified atom stereocenters. The summed E-state index contributed by atoms with van der Waals surface area (Å²) >= 11 is 0. The second kappa shape index (κ2) is 5.66. The maximum atomic E-state index is 10.4. The van der Waals surface area contributed by atoms with Gasteiger partial charge in [-0.25, -0.2) is 0 Å². The molecule has 0 radical (unpaired) electrons. The first-order valence-corrected chi connectivity index (χ1v) is 5.60. The summed E-state index contributed by atoms with van der Waals surface area (Å²) in [6.07, 6.45) is 12.4. The van der Waals surface area contributed by atoms with Crippen LogP contribution in [0.25, 0.3) is 0 Å². The van der Waals surface area contributed by atoms with Crippen LogP contribution in [0.1, 0.15) is 25.7 Å². The lowest BCUT2D eigenvalue weighted by molar-refractivity contribution is 0.0917. The molecule has 0 saturated heterocycles. The fraction of sp³-hybridized carbons (Fsp3) is 0.333. The van der Waals surface area contributed by atoms with Crippen LogP contribution in [-0.2, 0) is 0 Å². The molecule has 1 aliphatic carbocycles. The van der Waals surface area contributed by atoms with Crippen molar-refractivity contribution in [3.05, 3.63) is 61.3 Å². The molecule has 0 aromatic rings. The first-order valence-electron chi connectivity index (χ1n) is 5.60. The molecule has 1 rings (SSSR count). The average Bonchev–Trinajstić information content (AvgIpc) is 2.17. The Bertz CT molecular complexity index is 346. The van der Waals surface area contributed by atoms with Gasteiger partial charge in [0.25, 0.3) is 0 Å². The molecule has 0 aromatic heterocycles. The summed E-state index contributed by atoms with van der Waals surface area (Å²) in [5.74, 6) is 0. The van der Waals surface area contributed by atoms with Crippen LogP contribution in [-0.4, -0.2) is 10.7 Å². The zero-order valence-electron chi connectivity index (χ0n) is 9.78. The summed E-state index contributed by atoms with van der Waals surface area (Å²) in [6.45, 7) is 11.2. The van der Waals surface area contributed by atoms with Gasteiger partial charge in [-0.1, -0.05) is 29.9 Å². The van der Waals surface area contributed by atoms with E-state index < -0.39 is 5.60 Å². The highest BCUT2D eigenvalue weighted by molar-refractivity contribution is 5.35. The molecule has 0 saturated carbocycles. The Morgan fingerprint density at radius 3 is 2.44 bits per heavy atom. The number of hydrogen-bond donors (Lipinski definition) is 1. The van der Waals surface area contributed by atoms with E-state index >= 15 is 0 Å². The topological polar surface area (TPSA) is 20.2 Å². The van der Waals surface area contributed by atoms with Crippen molar-refractivity contribution in [1.82, 2.24) is 0 Å². The van der Waals surface area contributed by atoms with Gasteiger partial charge in [0.2, 0.25) is 0 Å². The molecule has 0 spiro atoms. The van der Waals surface area contributed by atoms with E-state index in [0.29, 0.717) is 12.8 Å². The van der Waals surface area contributed by atoms with Crippen molar-refractivity contribution < 1.29 is 5.11 Å². The largest absolute Gasteiger partial charge is 0.385 e. The summed E-state index contributed by atoms with van der Waals surface area (Å²) < 4.78 is 0. The SMILES string of the molecule is C=CCC1=CC(O)(CC=C)CC(CC=C)=C1. The van der Waals surface area contributed by atoms with E-state index in [1.165, 1.54) is 5.57 Å². The summed E-state index contributed by atoms with van der Waals surface area (Å²) in [5.41, 5.74) is 1.58. The quantitative estimate of drug-likeness (QED) is 0.671. The lowest BCUT2D eigenvalue weighted by Crippen LogP contribution is -2.28. The van der Waals surface area contributed by atoms with Gasteiger partial charge in [-0.05, 0) is 30.9 Å². The molecule has 0 aromatic carbocycles. The van der Waals surface area contributed by atoms with Crippen LogP contribution in [0.15, 0.2) is 61.3 Å². The van der Waals surface area contributed by atoms with Crippen molar-refractivity contribution in [2.75, 3.05) is 0 Å². The summed E-state index contributed by atoms with van der Waals surface area (Å²) in [7, 11) is 0. The Balaban J connectivity index is 2.93. The van der Waals surface area contributed by atoms with E-state index in [1.54, 1.807) is 6.08 Å². The molecule has 1 N–H and O–H groups in total. The summed E-state index contributed by atoms with van der Waals surface area (Å²) in [6, 6.07) is 0. The molecule has 0 heterocycles. The normalized spacial score (nSPS) is 24.3. The highest BCUT2D eigenvalue weighted by Crippen LogP contribution is 2.32. The third-order valence-corrected chi connectivity index (χ3v) is 2.66. The van der Waals surface area contributed by atoms with E-state index in [0.717, 1.165) is 18.4 Å². The van der Waals surface area contributed by atoms with Crippen molar-refractivity contribution in [1.29, 1.82) is 0 Å². The van der Waals surface area contributed by atoms with Gasteiger partial charge in [0.15, 0.2) is 0 Å². The zero-order chi connectivity index (χ0) is 12.0. The molecule has 1 atom stereocenters. The smallest absolute Gasteiger partial charge is 0.0904 e. The molecular weight excluding hydrogens is 196 g/mol. The van der Waals surface area contributed by atoms with Crippen LogP contribution in [0.3, 0.4) is 0 Å². The number of rotatable bonds is 6. The van der Waals surface area contributed by atoms with E-state index in [9.17, 15) is 5.11 Å². The molecule has 0 fully saturated rings. The van der Waals surface area contributed by atoms with Gasteiger partial charge < -0.3 is 5.11 Å². The lowest BCUT2D eigenvalue weighted by atomic mass is 9.82. The first kappa shape index (κ1) is 12.7. The summed E-state index contributed by atoms with van der Waals surface area (Å²) in [5, 5.41) is 10.4. The third kappa shape index (κ3) is 3.35. The Hall–Kier alpha value is -1.34. The van der Waals surface area contributed by atoms with E-state index in [-0.39, 0.29) is 0 Å². The van der Waals surface area contributed by atoms with E-state index in [2.05, 4.69) is 25.8 Å². The van der Waals surface area contributed by atoms with Gasteiger partial charge >= 0.3 is 0 Å². The molecule has 0 bridgehead atoms. The number of allylic oxidation sites excluding steroid dienone is 4. The van der Waals surface area contributed by atoms with Gasteiger partial charge in [0.1, 0.15) is 0 Å². The van der Waals surface area contributed by atoms with Gasteiger partial charge in [-0.2, -0.15) is 0 Å². The molecule has 0 aliphatic heterocycles. The van der Waals surface area contributed by atoms with Crippen LogP contribution in [0.5, 0.6) is 0 Å². The highest BCUT2D eigenvalue weighted by Gasteiger charge is 2.27. The van der Waals surface area contributed by atoms with Gasteiger partial charge in [-0.15, -0.1) is 19.7 Å². The standard InChI is InChI=1S/C15H20O/c1-4-7-13-10-14(8-5-2)12-15(16,11-13)9-6-3/h4-6,10-11,16H,1-3,7-9,12H2. The third-order valence-electron chi connectivity index (χ3n) is 2.66. The minimum absolute atomic E-state index is 0.585. The Kier molecular flexibility index (Phi) is 4.51. The van der Waals surface area contributed by atoms with Crippen molar-refractivity contribution >= 4 is 0 Å². The Morgan fingerprint density at radius 1 is 1.19 bits per heavy atom. The predicted octanol–water partition coefficient (Wildman–Crippen LogP) is 3.70. The minimum Gasteiger partial charge on any atom is -0.385 e. The molecule has 86 valence electrons. The average molecular weight is 216 g/mol. The second-order valence-electron chi connectivity index (χ2n) is 4.28.